The van der Waals surface area contributed by atoms with Gasteiger partial charge in [-0.05, 0) is 51.4 Å². The number of nitrogens with one attached hydrogen (secondary N) is 1. The summed E-state index contributed by atoms with van der Waals surface area (Å²) in [5.41, 5.74) is 4.08. The summed E-state index contributed by atoms with van der Waals surface area (Å²) in [5.74, 6) is 2.36. The molecule has 168 valence electrons. The van der Waals surface area contributed by atoms with Gasteiger partial charge >= 0.3 is 0 Å². The Morgan fingerprint density at radius 3 is 2.87 bits per heavy atom. The second kappa shape index (κ2) is 9.92. The standard InChI is InChI=1S/C24H36N6O/c1-18-6-7-19(2)21(15-18)17-29-12-9-23-27-26-22(30(23)14-13-29)8-10-25-24(31)20-5-4-11-28(3)16-20/h6-7,15,20H,4-5,8-14,16-17H2,1-3H3,(H,25,31)/t20-/m1/s1. The molecule has 7 nitrogen and oxygen atoms in total. The third-order valence-electron chi connectivity index (χ3n) is 6.74. The van der Waals surface area contributed by atoms with Gasteiger partial charge in [-0.3, -0.25) is 9.69 Å². The average molecular weight is 425 g/mol. The molecule has 3 heterocycles. The van der Waals surface area contributed by atoms with Crippen LogP contribution >= 0.6 is 0 Å². The van der Waals surface area contributed by atoms with E-state index in [0.29, 0.717) is 6.54 Å². The number of hydrogen-bond donors (Lipinski definition) is 1. The van der Waals surface area contributed by atoms with Gasteiger partial charge in [-0.1, -0.05) is 23.8 Å². The first-order chi connectivity index (χ1) is 15.0. The second-order valence-corrected chi connectivity index (χ2v) is 9.28. The Morgan fingerprint density at radius 1 is 1.16 bits per heavy atom. The molecule has 1 amide bonds. The van der Waals surface area contributed by atoms with Crippen LogP contribution in [0.5, 0.6) is 0 Å². The van der Waals surface area contributed by atoms with Gasteiger partial charge < -0.3 is 14.8 Å². The number of hydrogen-bond acceptors (Lipinski definition) is 5. The van der Waals surface area contributed by atoms with Crippen molar-refractivity contribution in [1.29, 1.82) is 0 Å². The zero-order chi connectivity index (χ0) is 21.8. The summed E-state index contributed by atoms with van der Waals surface area (Å²) in [6.07, 6.45) is 3.74. The van der Waals surface area contributed by atoms with Crippen molar-refractivity contribution >= 4 is 5.91 Å². The van der Waals surface area contributed by atoms with E-state index in [4.69, 9.17) is 0 Å². The fourth-order valence-corrected chi connectivity index (χ4v) is 4.80. The highest BCUT2D eigenvalue weighted by atomic mass is 16.1. The van der Waals surface area contributed by atoms with Crippen molar-refractivity contribution < 1.29 is 4.79 Å². The largest absolute Gasteiger partial charge is 0.355 e. The summed E-state index contributed by atoms with van der Waals surface area (Å²) in [6, 6.07) is 6.70. The van der Waals surface area contributed by atoms with Crippen molar-refractivity contribution in [2.45, 2.75) is 52.6 Å². The molecule has 0 radical (unpaired) electrons. The van der Waals surface area contributed by atoms with Gasteiger partial charge in [0.05, 0.1) is 5.92 Å². The number of carbonyl (C=O) groups excluding carboxylic acids is 1. The maximum atomic E-state index is 12.5. The fourth-order valence-electron chi connectivity index (χ4n) is 4.80. The average Bonchev–Trinajstić information content (AvgIpc) is 3.02. The van der Waals surface area contributed by atoms with Crippen LogP contribution in [0.15, 0.2) is 18.2 Å². The monoisotopic (exact) mass is 424 g/mol. The quantitative estimate of drug-likeness (QED) is 0.768. The first-order valence-corrected chi connectivity index (χ1v) is 11.7. The summed E-state index contributed by atoms with van der Waals surface area (Å²) in [4.78, 5) is 17.3. The fraction of sp³-hybridized carbons (Fsp3) is 0.625. The van der Waals surface area contributed by atoms with Gasteiger partial charge in [-0.2, -0.15) is 0 Å². The van der Waals surface area contributed by atoms with Crippen LogP contribution in [0.4, 0.5) is 0 Å². The van der Waals surface area contributed by atoms with Crippen molar-refractivity contribution in [2.24, 2.45) is 5.92 Å². The highest BCUT2D eigenvalue weighted by molar-refractivity contribution is 5.78. The van der Waals surface area contributed by atoms with E-state index in [1.807, 2.05) is 0 Å². The van der Waals surface area contributed by atoms with Gasteiger partial charge in [0, 0.05) is 52.1 Å². The van der Waals surface area contributed by atoms with Crippen LogP contribution in [0, 0.1) is 19.8 Å². The zero-order valence-electron chi connectivity index (χ0n) is 19.2. The van der Waals surface area contributed by atoms with E-state index < -0.39 is 0 Å². The molecule has 2 aromatic rings. The molecule has 2 aliphatic rings. The first-order valence-electron chi connectivity index (χ1n) is 11.7. The number of fused-ring (bicyclic) bond motifs is 1. The number of piperidine rings is 1. The zero-order valence-corrected chi connectivity index (χ0v) is 19.2. The second-order valence-electron chi connectivity index (χ2n) is 9.28. The predicted octanol–water partition coefficient (Wildman–Crippen LogP) is 1.95. The smallest absolute Gasteiger partial charge is 0.224 e. The topological polar surface area (TPSA) is 66.3 Å². The number of rotatable bonds is 6. The van der Waals surface area contributed by atoms with Gasteiger partial charge in [-0.15, -0.1) is 10.2 Å². The van der Waals surface area contributed by atoms with Crippen molar-refractivity contribution in [3.05, 3.63) is 46.5 Å². The Bertz CT molecular complexity index is 907. The summed E-state index contributed by atoms with van der Waals surface area (Å²) in [7, 11) is 2.09. The van der Waals surface area contributed by atoms with Crippen LogP contribution in [-0.4, -0.2) is 70.2 Å². The molecule has 1 aromatic carbocycles. The van der Waals surface area contributed by atoms with Crippen LogP contribution in [0.3, 0.4) is 0 Å². The number of nitrogens with zero attached hydrogens (tertiary/aromatic N) is 5. The van der Waals surface area contributed by atoms with Crippen molar-refractivity contribution in [1.82, 2.24) is 29.9 Å². The van der Waals surface area contributed by atoms with E-state index in [1.54, 1.807) is 0 Å². The molecule has 1 fully saturated rings. The van der Waals surface area contributed by atoms with Gasteiger partial charge in [0.2, 0.25) is 5.91 Å². The summed E-state index contributed by atoms with van der Waals surface area (Å²) in [5, 5.41) is 12.0. The van der Waals surface area contributed by atoms with Crippen LogP contribution in [0.1, 0.15) is 41.2 Å². The van der Waals surface area contributed by atoms with Crippen LogP contribution < -0.4 is 5.32 Å². The molecule has 1 aromatic heterocycles. The van der Waals surface area contributed by atoms with E-state index in [1.165, 1.54) is 16.7 Å². The molecule has 0 spiro atoms. The Labute approximate surface area is 185 Å². The molecule has 7 heteroatoms. The predicted molar refractivity (Wildman–Crippen MR) is 122 cm³/mol. The minimum Gasteiger partial charge on any atom is -0.355 e. The molecule has 1 N–H and O–H groups in total. The number of aryl methyl sites for hydroxylation is 2. The molecule has 4 rings (SSSR count). The molecule has 1 atom stereocenters. The Kier molecular flexibility index (Phi) is 7.02. The minimum atomic E-state index is 0.118. The van der Waals surface area contributed by atoms with Gasteiger partial charge in [0.25, 0.3) is 0 Å². The molecule has 2 aliphatic heterocycles. The third kappa shape index (κ3) is 5.52. The third-order valence-corrected chi connectivity index (χ3v) is 6.74. The minimum absolute atomic E-state index is 0.118. The Hall–Kier alpha value is -2.25. The SMILES string of the molecule is Cc1ccc(C)c(CN2CCc3nnc(CCNC(=O)[C@@H]4CCCN(C)C4)n3CC2)c1. The number of benzene rings is 1. The van der Waals surface area contributed by atoms with Gasteiger partial charge in [-0.25, -0.2) is 0 Å². The van der Waals surface area contributed by atoms with Crippen LogP contribution in [-0.2, 0) is 30.7 Å². The van der Waals surface area contributed by atoms with Crippen LogP contribution in [0.2, 0.25) is 0 Å². The maximum Gasteiger partial charge on any atom is 0.224 e. The summed E-state index contributed by atoms with van der Waals surface area (Å²) >= 11 is 0. The number of amides is 1. The van der Waals surface area contributed by atoms with E-state index in [-0.39, 0.29) is 11.8 Å². The van der Waals surface area contributed by atoms with Crippen LogP contribution in [0.25, 0.3) is 0 Å². The molecule has 0 aliphatic carbocycles. The number of aromatic nitrogens is 3. The maximum absolute atomic E-state index is 12.5. The van der Waals surface area contributed by atoms with Crippen molar-refractivity contribution in [3.63, 3.8) is 0 Å². The summed E-state index contributed by atoms with van der Waals surface area (Å²) in [6.45, 7) is 10.8. The molecule has 1 saturated heterocycles. The molecule has 31 heavy (non-hydrogen) atoms. The molecule has 0 unspecified atom stereocenters. The highest BCUT2D eigenvalue weighted by Crippen LogP contribution is 2.17. The Morgan fingerprint density at radius 2 is 2.03 bits per heavy atom. The molecule has 0 bridgehead atoms. The van der Waals surface area contributed by atoms with E-state index >= 15 is 0 Å². The molecule has 0 saturated carbocycles. The summed E-state index contributed by atoms with van der Waals surface area (Å²) < 4.78 is 2.27. The van der Waals surface area contributed by atoms with E-state index in [0.717, 1.165) is 76.6 Å². The van der Waals surface area contributed by atoms with E-state index in [9.17, 15) is 4.79 Å². The lowest BCUT2D eigenvalue weighted by Crippen LogP contribution is -2.42. The normalized spacial score (nSPS) is 20.3. The molecular formula is C24H36N6O. The van der Waals surface area contributed by atoms with Crippen molar-refractivity contribution in [3.8, 4) is 0 Å². The number of carbonyl (C=O) groups is 1. The van der Waals surface area contributed by atoms with Gasteiger partial charge in [0.1, 0.15) is 11.6 Å². The number of likely N-dealkylation sites (tertiary alicyclic amines) is 1. The van der Waals surface area contributed by atoms with E-state index in [2.05, 4.69) is 69.0 Å². The molecular weight excluding hydrogens is 388 g/mol. The lowest BCUT2D eigenvalue weighted by Gasteiger charge is -2.28. The first kappa shape index (κ1) is 22.0. The lowest BCUT2D eigenvalue weighted by molar-refractivity contribution is -0.126. The lowest BCUT2D eigenvalue weighted by atomic mass is 9.97. The Balaban J connectivity index is 1.29. The highest BCUT2D eigenvalue weighted by Gasteiger charge is 2.24. The van der Waals surface area contributed by atoms with Crippen molar-refractivity contribution in [2.75, 3.05) is 39.8 Å². The van der Waals surface area contributed by atoms with Gasteiger partial charge in [0.15, 0.2) is 0 Å².